The van der Waals surface area contributed by atoms with Gasteiger partial charge in [-0.3, -0.25) is 0 Å². The summed E-state index contributed by atoms with van der Waals surface area (Å²) in [4.78, 5) is 12.1. The molecule has 0 radical (unpaired) electrons. The minimum Gasteiger partial charge on any atom is -0.493 e. The zero-order valence-electron chi connectivity index (χ0n) is 26.1. The van der Waals surface area contributed by atoms with Gasteiger partial charge in [0.25, 0.3) is 0 Å². The number of aldehydes is 1. The lowest BCUT2D eigenvalue weighted by Gasteiger charge is -2.40. The van der Waals surface area contributed by atoms with Gasteiger partial charge >= 0.3 is 0 Å². The molecule has 0 aromatic heterocycles. The van der Waals surface area contributed by atoms with Gasteiger partial charge in [-0.2, -0.15) is 0 Å². The molecular weight excluding hydrogens is 555 g/mol. The maximum atomic E-state index is 13.3. The smallest absolute Gasteiger partial charge is 0.199 e. The Kier molecular flexibility index (Phi) is 12.1. The minimum atomic E-state index is -2.14. The van der Waals surface area contributed by atoms with Gasteiger partial charge in [-0.1, -0.05) is 20.8 Å². The third kappa shape index (κ3) is 9.11. The van der Waals surface area contributed by atoms with E-state index in [4.69, 9.17) is 28.1 Å². The van der Waals surface area contributed by atoms with Crippen molar-refractivity contribution in [3.05, 3.63) is 41.9 Å². The molecule has 0 amide bonds. The molecule has 7 nitrogen and oxygen atoms in total. The maximum absolute atomic E-state index is 13.3. The summed E-state index contributed by atoms with van der Waals surface area (Å²) in [7, 11) is -2.14. The number of hydrogen-bond acceptors (Lipinski definition) is 7. The van der Waals surface area contributed by atoms with Crippen LogP contribution >= 0.6 is 0 Å². The van der Waals surface area contributed by atoms with Crippen LogP contribution in [0.1, 0.15) is 78.6 Å². The van der Waals surface area contributed by atoms with Crippen LogP contribution in [0.25, 0.3) is 0 Å². The van der Waals surface area contributed by atoms with Crippen molar-refractivity contribution in [3.8, 4) is 5.75 Å². The molecule has 1 aliphatic carbocycles. The molecule has 2 saturated heterocycles. The zero-order valence-corrected chi connectivity index (χ0v) is 27.1. The summed E-state index contributed by atoms with van der Waals surface area (Å²) < 4.78 is 51.6. The molecule has 2 aliphatic heterocycles. The highest BCUT2D eigenvalue weighted by molar-refractivity contribution is 6.74. The molecule has 1 saturated carbocycles. The van der Waals surface area contributed by atoms with E-state index in [1.54, 1.807) is 12.1 Å². The van der Waals surface area contributed by atoms with E-state index in [-0.39, 0.29) is 47.5 Å². The second kappa shape index (κ2) is 15.3. The fourth-order valence-electron chi connectivity index (χ4n) is 5.83. The first-order valence-corrected chi connectivity index (χ1v) is 18.7. The molecule has 3 fully saturated rings. The Morgan fingerprint density at radius 3 is 2.26 bits per heavy atom. The van der Waals surface area contributed by atoms with Gasteiger partial charge < -0.3 is 32.9 Å². The first kappa shape index (κ1) is 33.1. The van der Waals surface area contributed by atoms with Gasteiger partial charge in [-0.05, 0) is 87.0 Å². The van der Waals surface area contributed by atoms with Gasteiger partial charge in [0.2, 0.25) is 0 Å². The van der Waals surface area contributed by atoms with Crippen molar-refractivity contribution in [2.75, 3.05) is 19.8 Å². The number of carbonyl (C=O) groups is 1. The third-order valence-corrected chi connectivity index (χ3v) is 13.7. The molecule has 3 unspecified atom stereocenters. The number of halogens is 1. The molecule has 6 atom stereocenters. The van der Waals surface area contributed by atoms with Crippen LogP contribution in [0.4, 0.5) is 4.39 Å². The molecule has 1 aromatic carbocycles. The van der Waals surface area contributed by atoms with Gasteiger partial charge in [0.05, 0.1) is 25.4 Å². The molecule has 0 bridgehead atoms. The molecular formula is C33H51FO7Si. The molecule has 42 heavy (non-hydrogen) atoms. The molecule has 0 spiro atoms. The van der Waals surface area contributed by atoms with E-state index >= 15 is 0 Å². The summed E-state index contributed by atoms with van der Waals surface area (Å²) in [5.74, 6) is 0.805. The Balaban J connectivity index is 1.61. The topological polar surface area (TPSA) is 72.5 Å². The lowest BCUT2D eigenvalue weighted by atomic mass is 9.88. The Morgan fingerprint density at radius 2 is 1.67 bits per heavy atom. The second-order valence-electron chi connectivity index (χ2n) is 13.3. The van der Waals surface area contributed by atoms with Crippen molar-refractivity contribution in [1.29, 1.82) is 0 Å². The van der Waals surface area contributed by atoms with Crippen LogP contribution in [0, 0.1) is 17.7 Å². The predicted molar refractivity (Wildman–Crippen MR) is 162 cm³/mol. The molecule has 4 rings (SSSR count). The number of rotatable bonds is 13. The molecule has 0 N–H and O–H groups in total. The van der Waals surface area contributed by atoms with Gasteiger partial charge in [0.1, 0.15) is 23.6 Å². The summed E-state index contributed by atoms with van der Waals surface area (Å²) in [6.07, 6.45) is 9.55. The number of ether oxygens (including phenoxy) is 5. The molecule has 236 valence electrons. The van der Waals surface area contributed by atoms with Crippen LogP contribution < -0.4 is 4.74 Å². The van der Waals surface area contributed by atoms with Crippen molar-refractivity contribution < 1.29 is 37.3 Å². The normalized spacial score (nSPS) is 29.3. The van der Waals surface area contributed by atoms with E-state index in [1.807, 2.05) is 0 Å². The molecule has 1 aromatic rings. The predicted octanol–water partition coefficient (Wildman–Crippen LogP) is 7.55. The zero-order chi connectivity index (χ0) is 30.2. The van der Waals surface area contributed by atoms with Crippen molar-refractivity contribution in [3.63, 3.8) is 0 Å². The van der Waals surface area contributed by atoms with Crippen molar-refractivity contribution in [2.24, 2.45) is 11.8 Å². The van der Waals surface area contributed by atoms with Crippen LogP contribution in [-0.4, -0.2) is 59.2 Å². The van der Waals surface area contributed by atoms with Gasteiger partial charge in [-0.25, -0.2) is 4.39 Å². The van der Waals surface area contributed by atoms with Crippen LogP contribution in [0.3, 0.4) is 0 Å². The summed E-state index contributed by atoms with van der Waals surface area (Å²) in [6, 6.07) is 6.03. The highest BCUT2D eigenvalue weighted by Crippen LogP contribution is 2.47. The lowest BCUT2D eigenvalue weighted by Crippen LogP contribution is -2.45. The van der Waals surface area contributed by atoms with E-state index in [1.165, 1.54) is 12.1 Å². The SMILES string of the molecule is CC(C)(C)[Si](C)(C)OC1C[C@H](OC2CCCCO2)[C@H](/C(=C\CCOc2ccc(F)cc2)OC2CCCCO2)[C@@H]1CC=O. The quantitative estimate of drug-likeness (QED) is 0.0994. The van der Waals surface area contributed by atoms with E-state index < -0.39 is 8.32 Å². The van der Waals surface area contributed by atoms with Crippen molar-refractivity contribution in [2.45, 2.75) is 121 Å². The van der Waals surface area contributed by atoms with Gasteiger partial charge in [0, 0.05) is 37.7 Å². The number of hydrogen-bond donors (Lipinski definition) is 0. The Bertz CT molecular complexity index is 997. The second-order valence-corrected chi connectivity index (χ2v) is 18.1. The molecule has 2 heterocycles. The van der Waals surface area contributed by atoms with Gasteiger partial charge in [-0.15, -0.1) is 0 Å². The Labute approximate surface area is 252 Å². The van der Waals surface area contributed by atoms with Crippen LogP contribution in [-0.2, 0) is 28.2 Å². The Morgan fingerprint density at radius 1 is 1.00 bits per heavy atom. The summed E-state index contributed by atoms with van der Waals surface area (Å²) in [5, 5.41) is 0.0302. The standard InChI is InChI=1S/C33H51FO7Si/c1-33(2,3)42(4,5)41-28-23-29(40-31-13-7-9-21-38-31)32(26(28)18-19-35)27(39-30-12-6-8-20-37-30)11-10-22-36-25-16-14-24(34)15-17-25/h11,14-17,19,26,28-32H,6-10,12-13,18,20-23H2,1-5H3/b27-11+/t26-,28?,29+,30?,31?,32+/m1/s1. The lowest BCUT2D eigenvalue weighted by molar-refractivity contribution is -0.201. The monoisotopic (exact) mass is 606 g/mol. The average molecular weight is 607 g/mol. The summed E-state index contributed by atoms with van der Waals surface area (Å²) >= 11 is 0. The van der Waals surface area contributed by atoms with Gasteiger partial charge in [0.15, 0.2) is 20.9 Å². The van der Waals surface area contributed by atoms with E-state index in [0.29, 0.717) is 44.8 Å². The Hall–Kier alpha value is -1.78. The van der Waals surface area contributed by atoms with Crippen LogP contribution in [0.2, 0.25) is 18.1 Å². The largest absolute Gasteiger partial charge is 0.493 e. The third-order valence-electron chi connectivity index (χ3n) is 9.17. The minimum absolute atomic E-state index is 0.0302. The first-order valence-electron chi connectivity index (χ1n) is 15.8. The van der Waals surface area contributed by atoms with Crippen LogP contribution in [0.5, 0.6) is 5.75 Å². The summed E-state index contributed by atoms with van der Waals surface area (Å²) in [5.41, 5.74) is 0. The summed E-state index contributed by atoms with van der Waals surface area (Å²) in [6.45, 7) is 13.0. The average Bonchev–Trinajstić information content (AvgIpc) is 3.27. The highest BCUT2D eigenvalue weighted by Gasteiger charge is 2.51. The number of carbonyl (C=O) groups excluding carboxylic acids is 1. The molecule has 3 aliphatic rings. The number of benzene rings is 1. The fraction of sp³-hybridized carbons (Fsp3) is 0.727. The van der Waals surface area contributed by atoms with E-state index in [0.717, 1.165) is 50.6 Å². The van der Waals surface area contributed by atoms with E-state index in [2.05, 4.69) is 39.9 Å². The van der Waals surface area contributed by atoms with Crippen molar-refractivity contribution in [1.82, 2.24) is 0 Å². The fourth-order valence-corrected chi connectivity index (χ4v) is 7.21. The molecule has 9 heteroatoms. The van der Waals surface area contributed by atoms with E-state index in [9.17, 15) is 9.18 Å². The highest BCUT2D eigenvalue weighted by atomic mass is 28.4. The first-order chi connectivity index (χ1) is 20.1. The van der Waals surface area contributed by atoms with Crippen LogP contribution in [0.15, 0.2) is 36.1 Å². The van der Waals surface area contributed by atoms with Crippen molar-refractivity contribution >= 4 is 14.6 Å². The maximum Gasteiger partial charge on any atom is 0.199 e.